The smallest absolute Gasteiger partial charge is 0.310 e. The lowest BCUT2D eigenvalue weighted by Crippen LogP contribution is -2.25. The molecular formula is C6H7N3O2. The molecule has 2 heterocycles. The first-order chi connectivity index (χ1) is 5.27. The van der Waals surface area contributed by atoms with Gasteiger partial charge in [0.05, 0.1) is 5.56 Å². The van der Waals surface area contributed by atoms with Crippen molar-refractivity contribution in [1.29, 1.82) is 0 Å². The molecule has 3 N–H and O–H groups in total. The first-order valence-corrected chi connectivity index (χ1v) is 3.32. The first-order valence-electron chi connectivity index (χ1n) is 3.32. The van der Waals surface area contributed by atoms with E-state index >= 15 is 0 Å². The third-order valence-corrected chi connectivity index (χ3v) is 1.73. The Labute approximate surface area is 61.5 Å². The van der Waals surface area contributed by atoms with Crippen LogP contribution in [0.3, 0.4) is 0 Å². The van der Waals surface area contributed by atoms with Gasteiger partial charge in [-0.1, -0.05) is 0 Å². The van der Waals surface area contributed by atoms with Gasteiger partial charge in [0.25, 0.3) is 5.56 Å². The maximum atomic E-state index is 11.0. The number of rotatable bonds is 0. The summed E-state index contributed by atoms with van der Waals surface area (Å²) < 4.78 is 0. The lowest BCUT2D eigenvalue weighted by molar-refractivity contribution is 0.756. The van der Waals surface area contributed by atoms with Crippen LogP contribution >= 0.6 is 0 Å². The molecule has 0 spiro atoms. The van der Waals surface area contributed by atoms with E-state index in [9.17, 15) is 9.59 Å². The van der Waals surface area contributed by atoms with Crippen LogP contribution in [-0.2, 0) is 13.1 Å². The van der Waals surface area contributed by atoms with E-state index in [4.69, 9.17) is 0 Å². The standard InChI is InChI=1S/C6H7N3O2/c10-5-3-1-7-2-4(3)8-6(11)9-5/h7H,1-2H2,(H2,8,9,10,11). The average Bonchev–Trinajstić information content (AvgIpc) is 2.34. The molecule has 11 heavy (non-hydrogen) atoms. The van der Waals surface area contributed by atoms with Crippen LogP contribution in [0, 0.1) is 0 Å². The number of aromatic nitrogens is 2. The van der Waals surface area contributed by atoms with Crippen molar-refractivity contribution in [2.24, 2.45) is 0 Å². The molecule has 0 atom stereocenters. The monoisotopic (exact) mass is 153 g/mol. The number of aromatic amines is 2. The van der Waals surface area contributed by atoms with Crippen molar-refractivity contribution < 1.29 is 0 Å². The molecule has 1 aliphatic heterocycles. The Morgan fingerprint density at radius 1 is 1.09 bits per heavy atom. The fraction of sp³-hybridized carbons (Fsp3) is 0.333. The highest BCUT2D eigenvalue weighted by molar-refractivity contribution is 5.19. The van der Waals surface area contributed by atoms with Gasteiger partial charge in [-0.15, -0.1) is 0 Å². The quantitative estimate of drug-likeness (QED) is 0.432. The van der Waals surface area contributed by atoms with Crippen LogP contribution in [0.1, 0.15) is 11.3 Å². The molecule has 0 aromatic carbocycles. The van der Waals surface area contributed by atoms with Crippen molar-refractivity contribution in [2.75, 3.05) is 0 Å². The van der Waals surface area contributed by atoms with Crippen LogP contribution in [0.5, 0.6) is 0 Å². The van der Waals surface area contributed by atoms with E-state index in [1.165, 1.54) is 0 Å². The minimum atomic E-state index is -0.433. The highest BCUT2D eigenvalue weighted by atomic mass is 16.2. The van der Waals surface area contributed by atoms with Gasteiger partial charge < -0.3 is 10.3 Å². The number of nitrogens with one attached hydrogen (secondary N) is 3. The van der Waals surface area contributed by atoms with Crippen molar-refractivity contribution in [3.05, 3.63) is 32.1 Å². The molecule has 0 saturated heterocycles. The summed E-state index contributed by atoms with van der Waals surface area (Å²) >= 11 is 0. The van der Waals surface area contributed by atoms with E-state index in [1.54, 1.807) is 0 Å². The van der Waals surface area contributed by atoms with E-state index in [-0.39, 0.29) is 5.56 Å². The van der Waals surface area contributed by atoms with Gasteiger partial charge in [0.15, 0.2) is 0 Å². The molecule has 58 valence electrons. The molecule has 0 bridgehead atoms. The Bertz CT molecular complexity index is 390. The summed E-state index contributed by atoms with van der Waals surface area (Å²) in [7, 11) is 0. The lowest BCUT2D eigenvalue weighted by Gasteiger charge is -1.92. The van der Waals surface area contributed by atoms with Crippen LogP contribution in [0.4, 0.5) is 0 Å². The highest BCUT2D eigenvalue weighted by Crippen LogP contribution is 2.03. The van der Waals surface area contributed by atoms with Crippen LogP contribution in [-0.4, -0.2) is 9.97 Å². The molecule has 0 unspecified atom stereocenters. The van der Waals surface area contributed by atoms with Crippen molar-refractivity contribution in [3.8, 4) is 0 Å². The summed E-state index contributed by atoms with van der Waals surface area (Å²) in [5, 5.41) is 2.97. The van der Waals surface area contributed by atoms with Crippen LogP contribution in [0.15, 0.2) is 9.59 Å². The third-order valence-electron chi connectivity index (χ3n) is 1.73. The molecule has 5 heteroatoms. The van der Waals surface area contributed by atoms with Gasteiger partial charge in [-0.25, -0.2) is 4.79 Å². The van der Waals surface area contributed by atoms with Gasteiger partial charge in [-0.05, 0) is 0 Å². The van der Waals surface area contributed by atoms with Crippen molar-refractivity contribution in [2.45, 2.75) is 13.1 Å². The summed E-state index contributed by atoms with van der Waals surface area (Å²) in [5.41, 5.74) is 0.634. The Morgan fingerprint density at radius 3 is 2.73 bits per heavy atom. The van der Waals surface area contributed by atoms with Gasteiger partial charge >= 0.3 is 5.69 Å². The van der Waals surface area contributed by atoms with Gasteiger partial charge in [0.1, 0.15) is 0 Å². The normalized spacial score (nSPS) is 14.9. The molecule has 1 aliphatic rings. The molecule has 5 nitrogen and oxygen atoms in total. The second kappa shape index (κ2) is 2.06. The number of hydrogen-bond acceptors (Lipinski definition) is 3. The Morgan fingerprint density at radius 2 is 1.91 bits per heavy atom. The maximum Gasteiger partial charge on any atom is 0.325 e. The molecule has 0 fully saturated rings. The predicted octanol–water partition coefficient (Wildman–Crippen LogP) is -1.33. The minimum absolute atomic E-state index is 0.284. The summed E-state index contributed by atoms with van der Waals surface area (Å²) in [4.78, 5) is 26.4. The van der Waals surface area contributed by atoms with Crippen LogP contribution in [0.25, 0.3) is 0 Å². The van der Waals surface area contributed by atoms with Crippen molar-refractivity contribution in [1.82, 2.24) is 15.3 Å². The predicted molar refractivity (Wildman–Crippen MR) is 38.2 cm³/mol. The topological polar surface area (TPSA) is 77.8 Å². The zero-order valence-electron chi connectivity index (χ0n) is 5.73. The molecule has 1 aromatic rings. The highest BCUT2D eigenvalue weighted by Gasteiger charge is 2.13. The van der Waals surface area contributed by atoms with Crippen LogP contribution in [0.2, 0.25) is 0 Å². The third kappa shape index (κ3) is 0.894. The first kappa shape index (κ1) is 6.36. The maximum absolute atomic E-state index is 11.0. The summed E-state index contributed by atoms with van der Waals surface area (Å²) in [6.45, 7) is 1.12. The Balaban J connectivity index is 2.80. The van der Waals surface area contributed by atoms with Gasteiger partial charge in [-0.3, -0.25) is 9.78 Å². The second-order valence-corrected chi connectivity index (χ2v) is 2.47. The van der Waals surface area contributed by atoms with Crippen molar-refractivity contribution >= 4 is 0 Å². The molecule has 0 saturated carbocycles. The summed E-state index contributed by atoms with van der Waals surface area (Å²) in [6, 6.07) is 0. The fourth-order valence-corrected chi connectivity index (χ4v) is 1.21. The van der Waals surface area contributed by atoms with Gasteiger partial charge in [-0.2, -0.15) is 0 Å². The van der Waals surface area contributed by atoms with E-state index < -0.39 is 5.69 Å². The molecule has 1 aromatic heterocycles. The van der Waals surface area contributed by atoms with E-state index in [1.807, 2.05) is 0 Å². The van der Waals surface area contributed by atoms with Crippen molar-refractivity contribution in [3.63, 3.8) is 0 Å². The minimum Gasteiger partial charge on any atom is -0.310 e. The molecule has 0 radical (unpaired) electrons. The Kier molecular flexibility index (Phi) is 1.19. The molecular weight excluding hydrogens is 146 g/mol. The fourth-order valence-electron chi connectivity index (χ4n) is 1.21. The summed E-state index contributed by atoms with van der Waals surface area (Å²) in [5.74, 6) is 0. The zero-order chi connectivity index (χ0) is 7.84. The Hall–Kier alpha value is -1.36. The van der Waals surface area contributed by atoms with E-state index in [2.05, 4.69) is 15.3 Å². The zero-order valence-corrected chi connectivity index (χ0v) is 5.73. The largest absolute Gasteiger partial charge is 0.325 e. The number of hydrogen-bond donors (Lipinski definition) is 3. The molecule has 2 rings (SSSR count). The molecule has 0 amide bonds. The lowest BCUT2D eigenvalue weighted by atomic mass is 10.3. The van der Waals surface area contributed by atoms with Gasteiger partial charge in [0.2, 0.25) is 0 Å². The average molecular weight is 153 g/mol. The summed E-state index contributed by atoms with van der Waals surface area (Å²) in [6.07, 6.45) is 0. The second-order valence-electron chi connectivity index (χ2n) is 2.47. The number of fused-ring (bicyclic) bond motifs is 1. The molecule has 0 aliphatic carbocycles. The van der Waals surface area contributed by atoms with E-state index in [0.717, 1.165) is 0 Å². The van der Waals surface area contributed by atoms with Crippen LogP contribution < -0.4 is 16.6 Å². The number of H-pyrrole nitrogens is 2. The van der Waals surface area contributed by atoms with Gasteiger partial charge in [0, 0.05) is 18.8 Å². The van der Waals surface area contributed by atoms with E-state index in [0.29, 0.717) is 24.3 Å². The SMILES string of the molecule is O=c1[nH]c2c(c(=O)[nH]1)CNC2.